The molecule has 2 heterocycles. The van der Waals surface area contributed by atoms with Crippen molar-refractivity contribution < 1.29 is 14.3 Å². The van der Waals surface area contributed by atoms with Gasteiger partial charge in [0.05, 0.1) is 16.9 Å². The summed E-state index contributed by atoms with van der Waals surface area (Å²) in [4.78, 5) is 12.8. The number of fused-ring (bicyclic) bond motifs is 2. The maximum absolute atomic E-state index is 12.8. The highest BCUT2D eigenvalue weighted by Gasteiger charge is 2.12. The molecule has 0 spiro atoms. The fourth-order valence-corrected chi connectivity index (χ4v) is 2.56. The molecule has 4 rings (SSSR count). The lowest BCUT2D eigenvalue weighted by atomic mass is 10.1. The van der Waals surface area contributed by atoms with Crippen LogP contribution in [0.2, 0.25) is 0 Å². The van der Waals surface area contributed by atoms with Crippen molar-refractivity contribution in [1.82, 2.24) is 20.6 Å². The van der Waals surface area contributed by atoms with E-state index in [4.69, 9.17) is 9.15 Å². The molecule has 4 aromatic rings. The first kappa shape index (κ1) is 15.3. The summed E-state index contributed by atoms with van der Waals surface area (Å²) in [6.45, 7) is 1.78. The Labute approximate surface area is 141 Å². The molecular formula is C17H14N4O4. The number of hydrogen-bond donors (Lipinski definition) is 2. The predicted octanol–water partition coefficient (Wildman–Crippen LogP) is 1.89. The van der Waals surface area contributed by atoms with E-state index >= 15 is 0 Å². The second-order valence-electron chi connectivity index (χ2n) is 5.70. The Bertz CT molecular complexity index is 1100. The first-order valence-electron chi connectivity index (χ1n) is 7.67. The molecule has 8 heteroatoms. The second-order valence-corrected chi connectivity index (χ2v) is 5.70. The number of aromatic nitrogens is 4. The van der Waals surface area contributed by atoms with Crippen LogP contribution in [0.25, 0.3) is 33.3 Å². The Morgan fingerprint density at radius 2 is 2.08 bits per heavy atom. The minimum Gasteiger partial charge on any atom is -0.491 e. The molecule has 0 aliphatic heterocycles. The SMILES string of the molecule is CC(O)COc1ccc2oc3cc(-c4nn[nH]n4)ccc3c(=O)c2c1. The largest absolute Gasteiger partial charge is 0.491 e. The smallest absolute Gasteiger partial charge is 0.204 e. The number of H-pyrrole nitrogens is 1. The topological polar surface area (TPSA) is 114 Å². The number of aromatic amines is 1. The zero-order chi connectivity index (χ0) is 17.4. The lowest BCUT2D eigenvalue weighted by Crippen LogP contribution is -2.13. The van der Waals surface area contributed by atoms with Gasteiger partial charge in [-0.05, 0) is 42.5 Å². The predicted molar refractivity (Wildman–Crippen MR) is 90.3 cm³/mol. The van der Waals surface area contributed by atoms with Crippen LogP contribution < -0.4 is 10.2 Å². The standard InChI is InChI=1S/C17H14N4O4/c1-9(22)8-24-11-3-5-14-13(7-11)16(23)12-4-2-10(6-15(12)25-14)17-18-20-21-19-17/h2-7,9,22H,8H2,1H3,(H,18,19,20,21). The van der Waals surface area contributed by atoms with Gasteiger partial charge in [-0.1, -0.05) is 6.07 Å². The number of nitrogens with one attached hydrogen (secondary N) is 1. The molecule has 1 atom stereocenters. The third-order valence-electron chi connectivity index (χ3n) is 3.74. The number of tetrazole rings is 1. The van der Waals surface area contributed by atoms with Gasteiger partial charge in [0, 0.05) is 5.56 Å². The number of aliphatic hydroxyl groups excluding tert-OH is 1. The summed E-state index contributed by atoms with van der Waals surface area (Å²) in [5.74, 6) is 0.926. The normalized spacial score (nSPS) is 12.6. The summed E-state index contributed by atoms with van der Waals surface area (Å²) in [7, 11) is 0. The lowest BCUT2D eigenvalue weighted by Gasteiger charge is -2.09. The van der Waals surface area contributed by atoms with Crippen molar-refractivity contribution in [2.24, 2.45) is 0 Å². The van der Waals surface area contributed by atoms with Crippen molar-refractivity contribution >= 4 is 21.9 Å². The third-order valence-corrected chi connectivity index (χ3v) is 3.74. The van der Waals surface area contributed by atoms with Gasteiger partial charge in [-0.2, -0.15) is 5.21 Å². The molecule has 0 saturated heterocycles. The van der Waals surface area contributed by atoms with E-state index in [-0.39, 0.29) is 12.0 Å². The molecule has 2 N–H and O–H groups in total. The summed E-state index contributed by atoms with van der Waals surface area (Å²) in [5.41, 5.74) is 1.43. The van der Waals surface area contributed by atoms with Crippen molar-refractivity contribution in [2.75, 3.05) is 6.61 Å². The number of benzene rings is 2. The first-order chi connectivity index (χ1) is 12.1. The lowest BCUT2D eigenvalue weighted by molar-refractivity contribution is 0.123. The van der Waals surface area contributed by atoms with Gasteiger partial charge in [0.15, 0.2) is 0 Å². The highest BCUT2D eigenvalue weighted by atomic mass is 16.5. The minimum atomic E-state index is -0.590. The number of ether oxygens (including phenoxy) is 1. The van der Waals surface area contributed by atoms with Gasteiger partial charge in [-0.25, -0.2) is 0 Å². The van der Waals surface area contributed by atoms with Crippen molar-refractivity contribution in [3.8, 4) is 17.1 Å². The van der Waals surface area contributed by atoms with E-state index in [0.717, 1.165) is 0 Å². The molecule has 0 radical (unpaired) electrons. The molecule has 0 aliphatic carbocycles. The quantitative estimate of drug-likeness (QED) is 0.546. The van der Waals surface area contributed by atoms with Crippen LogP contribution in [-0.4, -0.2) is 38.4 Å². The molecule has 0 saturated carbocycles. The summed E-state index contributed by atoms with van der Waals surface area (Å²) in [6, 6.07) is 10.1. The molecule has 126 valence electrons. The molecule has 1 unspecified atom stereocenters. The Kier molecular flexibility index (Phi) is 3.66. The van der Waals surface area contributed by atoms with Crippen molar-refractivity contribution in [1.29, 1.82) is 0 Å². The van der Waals surface area contributed by atoms with Crippen LogP contribution in [-0.2, 0) is 0 Å². The summed E-state index contributed by atoms with van der Waals surface area (Å²) < 4.78 is 11.3. The average Bonchev–Trinajstić information content (AvgIpc) is 3.14. The average molecular weight is 338 g/mol. The summed E-state index contributed by atoms with van der Waals surface area (Å²) in [5, 5.41) is 23.9. The molecule has 2 aromatic carbocycles. The zero-order valence-electron chi connectivity index (χ0n) is 13.3. The van der Waals surface area contributed by atoms with Gasteiger partial charge in [-0.15, -0.1) is 10.2 Å². The Morgan fingerprint density at radius 3 is 2.84 bits per heavy atom. The molecule has 0 aliphatic rings. The van der Waals surface area contributed by atoms with Gasteiger partial charge < -0.3 is 14.3 Å². The molecule has 0 fully saturated rings. The van der Waals surface area contributed by atoms with Gasteiger partial charge in [0.1, 0.15) is 23.5 Å². The van der Waals surface area contributed by atoms with E-state index in [2.05, 4.69) is 20.6 Å². The second kappa shape index (κ2) is 5.99. The van der Waals surface area contributed by atoms with Crippen LogP contribution in [0.15, 0.2) is 45.6 Å². The molecule has 25 heavy (non-hydrogen) atoms. The van der Waals surface area contributed by atoms with Gasteiger partial charge >= 0.3 is 0 Å². The Morgan fingerprint density at radius 1 is 1.20 bits per heavy atom. The minimum absolute atomic E-state index is 0.151. The molecule has 2 aromatic heterocycles. The van der Waals surface area contributed by atoms with Gasteiger partial charge in [-0.3, -0.25) is 4.79 Å². The van der Waals surface area contributed by atoms with Gasteiger partial charge in [0.25, 0.3) is 0 Å². The van der Waals surface area contributed by atoms with Crippen LogP contribution in [0.4, 0.5) is 0 Å². The van der Waals surface area contributed by atoms with E-state index in [1.54, 1.807) is 43.3 Å². The third kappa shape index (κ3) is 2.83. The van der Waals surface area contributed by atoms with E-state index in [0.29, 0.717) is 39.1 Å². The molecule has 0 amide bonds. The van der Waals surface area contributed by atoms with Crippen molar-refractivity contribution in [2.45, 2.75) is 13.0 Å². The Balaban J connectivity index is 1.84. The maximum atomic E-state index is 12.8. The first-order valence-corrected chi connectivity index (χ1v) is 7.67. The fourth-order valence-electron chi connectivity index (χ4n) is 2.56. The molecule has 8 nitrogen and oxygen atoms in total. The zero-order valence-corrected chi connectivity index (χ0v) is 13.3. The Hall–Kier alpha value is -3.26. The number of rotatable bonds is 4. The molecular weight excluding hydrogens is 324 g/mol. The summed E-state index contributed by atoms with van der Waals surface area (Å²) in [6.07, 6.45) is -0.590. The van der Waals surface area contributed by atoms with E-state index in [9.17, 15) is 9.90 Å². The highest BCUT2D eigenvalue weighted by molar-refractivity contribution is 5.91. The van der Waals surface area contributed by atoms with Crippen LogP contribution in [0.3, 0.4) is 0 Å². The van der Waals surface area contributed by atoms with Crippen molar-refractivity contribution in [3.63, 3.8) is 0 Å². The monoisotopic (exact) mass is 338 g/mol. The van der Waals surface area contributed by atoms with E-state index < -0.39 is 6.10 Å². The highest BCUT2D eigenvalue weighted by Crippen LogP contribution is 2.25. The number of hydrogen-bond acceptors (Lipinski definition) is 7. The fraction of sp³-hybridized carbons (Fsp3) is 0.176. The number of nitrogens with zero attached hydrogens (tertiary/aromatic N) is 3. The van der Waals surface area contributed by atoms with Crippen molar-refractivity contribution in [3.05, 3.63) is 46.6 Å². The number of aliphatic hydroxyl groups is 1. The van der Waals surface area contributed by atoms with Crippen LogP contribution in [0.5, 0.6) is 5.75 Å². The van der Waals surface area contributed by atoms with Crippen LogP contribution in [0, 0.1) is 0 Å². The van der Waals surface area contributed by atoms with Crippen LogP contribution in [0.1, 0.15) is 6.92 Å². The van der Waals surface area contributed by atoms with Gasteiger partial charge in [0.2, 0.25) is 11.3 Å². The van der Waals surface area contributed by atoms with E-state index in [1.165, 1.54) is 0 Å². The van der Waals surface area contributed by atoms with E-state index in [1.807, 2.05) is 0 Å². The maximum Gasteiger partial charge on any atom is 0.204 e. The van der Waals surface area contributed by atoms with Crippen LogP contribution >= 0.6 is 0 Å². The summed E-state index contributed by atoms with van der Waals surface area (Å²) >= 11 is 0. The molecule has 0 bridgehead atoms.